The highest BCUT2D eigenvalue weighted by molar-refractivity contribution is 5.55. The Hall–Kier alpha value is -2.11. The van der Waals surface area contributed by atoms with Gasteiger partial charge in [0.15, 0.2) is 5.82 Å². The minimum Gasteiger partial charge on any atom is -0.368 e. The van der Waals surface area contributed by atoms with Crippen LogP contribution in [-0.4, -0.2) is 15.0 Å². The number of halogens is 2. The fraction of sp³-hybridized carbons (Fsp3) is 0.250. The second-order valence-corrected chi connectivity index (χ2v) is 3.84. The van der Waals surface area contributed by atoms with E-state index in [1.54, 1.807) is 0 Å². The molecule has 1 aromatic carbocycles. The number of rotatable bonds is 3. The number of hydrogen-bond donors (Lipinski definition) is 1. The van der Waals surface area contributed by atoms with Gasteiger partial charge in [-0.3, -0.25) is 0 Å². The average Bonchev–Trinajstić information content (AvgIpc) is 2.27. The van der Waals surface area contributed by atoms with Crippen LogP contribution in [0.4, 0.5) is 14.7 Å². The third kappa shape index (κ3) is 2.77. The van der Waals surface area contributed by atoms with Gasteiger partial charge in [0.25, 0.3) is 0 Å². The van der Waals surface area contributed by atoms with Crippen LogP contribution in [0.3, 0.4) is 0 Å². The van der Waals surface area contributed by atoms with Gasteiger partial charge < -0.3 is 5.73 Å². The topological polar surface area (TPSA) is 64.7 Å². The highest BCUT2D eigenvalue weighted by atomic mass is 19.1. The first-order valence-corrected chi connectivity index (χ1v) is 5.55. The first-order valence-electron chi connectivity index (χ1n) is 5.55. The fourth-order valence-corrected chi connectivity index (χ4v) is 1.59. The SMILES string of the molecule is CCCc1nc(N)nc(-c2cc(F)cc(F)c2)n1. The standard InChI is InChI=1S/C12H12F2N4/c1-2-3-10-16-11(18-12(15)17-10)7-4-8(13)6-9(14)5-7/h4-6H,2-3H2,1H3,(H2,15,16,17,18). The lowest BCUT2D eigenvalue weighted by Crippen LogP contribution is -2.05. The molecule has 0 unspecified atom stereocenters. The molecular weight excluding hydrogens is 238 g/mol. The number of hydrogen-bond acceptors (Lipinski definition) is 4. The van der Waals surface area contributed by atoms with Crippen LogP contribution in [0.15, 0.2) is 18.2 Å². The van der Waals surface area contributed by atoms with E-state index in [9.17, 15) is 8.78 Å². The van der Waals surface area contributed by atoms with Crippen LogP contribution < -0.4 is 5.73 Å². The summed E-state index contributed by atoms with van der Waals surface area (Å²) < 4.78 is 26.2. The lowest BCUT2D eigenvalue weighted by molar-refractivity contribution is 0.584. The van der Waals surface area contributed by atoms with Crippen LogP contribution in [0.5, 0.6) is 0 Å². The first-order chi connectivity index (χ1) is 8.58. The molecular formula is C12H12F2N4. The summed E-state index contributed by atoms with van der Waals surface area (Å²) in [5.41, 5.74) is 5.80. The van der Waals surface area contributed by atoms with Gasteiger partial charge in [0.1, 0.15) is 17.5 Å². The molecule has 1 aromatic heterocycles. The maximum atomic E-state index is 13.1. The second-order valence-electron chi connectivity index (χ2n) is 3.84. The van der Waals surface area contributed by atoms with Crippen molar-refractivity contribution in [1.82, 2.24) is 15.0 Å². The summed E-state index contributed by atoms with van der Waals surface area (Å²) in [6.45, 7) is 1.97. The quantitative estimate of drug-likeness (QED) is 0.908. The van der Waals surface area contributed by atoms with Crippen molar-refractivity contribution >= 4 is 5.95 Å². The number of nitrogens with two attached hydrogens (primary N) is 1. The van der Waals surface area contributed by atoms with Crippen molar-refractivity contribution in [3.63, 3.8) is 0 Å². The molecule has 4 nitrogen and oxygen atoms in total. The summed E-state index contributed by atoms with van der Waals surface area (Å²) >= 11 is 0. The van der Waals surface area contributed by atoms with Gasteiger partial charge in [-0.15, -0.1) is 0 Å². The van der Waals surface area contributed by atoms with Crippen LogP contribution in [0.1, 0.15) is 19.2 Å². The van der Waals surface area contributed by atoms with Crippen LogP contribution in [-0.2, 0) is 6.42 Å². The molecule has 18 heavy (non-hydrogen) atoms. The smallest absolute Gasteiger partial charge is 0.223 e. The van der Waals surface area contributed by atoms with Crippen LogP contribution in [0.2, 0.25) is 0 Å². The first kappa shape index (κ1) is 12.3. The summed E-state index contributed by atoms with van der Waals surface area (Å²) in [5.74, 6) is -0.607. The van der Waals surface area contributed by atoms with E-state index in [1.165, 1.54) is 0 Å². The van der Waals surface area contributed by atoms with Gasteiger partial charge in [0.05, 0.1) is 0 Å². The lowest BCUT2D eigenvalue weighted by atomic mass is 10.2. The molecule has 0 aliphatic carbocycles. The van der Waals surface area contributed by atoms with E-state index in [1.807, 2.05) is 6.92 Å². The van der Waals surface area contributed by atoms with E-state index in [0.717, 1.165) is 24.6 Å². The van der Waals surface area contributed by atoms with Gasteiger partial charge in [-0.1, -0.05) is 6.92 Å². The zero-order valence-electron chi connectivity index (χ0n) is 9.82. The molecule has 0 aliphatic heterocycles. The Bertz CT molecular complexity index is 552. The van der Waals surface area contributed by atoms with E-state index in [4.69, 9.17) is 5.73 Å². The zero-order valence-corrected chi connectivity index (χ0v) is 9.82. The molecule has 0 saturated heterocycles. The Morgan fingerprint density at radius 3 is 2.33 bits per heavy atom. The van der Waals surface area contributed by atoms with Crippen molar-refractivity contribution in [3.8, 4) is 11.4 Å². The maximum Gasteiger partial charge on any atom is 0.223 e. The molecule has 2 aromatic rings. The molecule has 2 rings (SSSR count). The monoisotopic (exact) mass is 250 g/mol. The number of nitrogens with zero attached hydrogens (tertiary/aromatic N) is 3. The third-order valence-corrected chi connectivity index (χ3v) is 2.29. The predicted molar refractivity (Wildman–Crippen MR) is 63.6 cm³/mol. The van der Waals surface area contributed by atoms with Gasteiger partial charge in [-0.05, 0) is 18.6 Å². The Morgan fingerprint density at radius 2 is 1.72 bits per heavy atom. The molecule has 0 amide bonds. The van der Waals surface area contributed by atoms with Crippen LogP contribution >= 0.6 is 0 Å². The Morgan fingerprint density at radius 1 is 1.06 bits per heavy atom. The Labute approximate surface area is 103 Å². The predicted octanol–water partition coefficient (Wildman–Crippen LogP) is 2.35. The summed E-state index contributed by atoms with van der Waals surface area (Å²) in [4.78, 5) is 12.0. The molecule has 0 saturated carbocycles. The average molecular weight is 250 g/mol. The zero-order chi connectivity index (χ0) is 13.1. The lowest BCUT2D eigenvalue weighted by Gasteiger charge is -2.04. The Kier molecular flexibility index (Phi) is 3.45. The summed E-state index contributed by atoms with van der Waals surface area (Å²) in [7, 11) is 0. The van der Waals surface area contributed by atoms with Crippen molar-refractivity contribution < 1.29 is 8.78 Å². The van der Waals surface area contributed by atoms with Crippen molar-refractivity contribution in [2.24, 2.45) is 0 Å². The van der Waals surface area contributed by atoms with Crippen LogP contribution in [0.25, 0.3) is 11.4 Å². The van der Waals surface area contributed by atoms with E-state index >= 15 is 0 Å². The molecule has 0 spiro atoms. The molecule has 0 fully saturated rings. The molecule has 0 radical (unpaired) electrons. The van der Waals surface area contributed by atoms with Crippen molar-refractivity contribution in [1.29, 1.82) is 0 Å². The number of nitrogen functional groups attached to an aromatic ring is 1. The van der Waals surface area contributed by atoms with Gasteiger partial charge >= 0.3 is 0 Å². The minimum atomic E-state index is -0.680. The van der Waals surface area contributed by atoms with E-state index in [0.29, 0.717) is 12.2 Å². The summed E-state index contributed by atoms with van der Waals surface area (Å²) in [5, 5.41) is 0. The van der Waals surface area contributed by atoms with Gasteiger partial charge in [-0.2, -0.15) is 9.97 Å². The van der Waals surface area contributed by atoms with E-state index in [-0.39, 0.29) is 17.3 Å². The van der Waals surface area contributed by atoms with Gasteiger partial charge in [0, 0.05) is 18.1 Å². The summed E-state index contributed by atoms with van der Waals surface area (Å²) in [6.07, 6.45) is 1.48. The molecule has 0 atom stereocenters. The van der Waals surface area contributed by atoms with E-state index < -0.39 is 11.6 Å². The van der Waals surface area contributed by atoms with Crippen molar-refractivity contribution in [3.05, 3.63) is 35.7 Å². The molecule has 2 N–H and O–H groups in total. The fourth-order valence-electron chi connectivity index (χ4n) is 1.59. The number of aryl methyl sites for hydroxylation is 1. The highest BCUT2D eigenvalue weighted by Crippen LogP contribution is 2.18. The maximum absolute atomic E-state index is 13.1. The van der Waals surface area contributed by atoms with Gasteiger partial charge in [-0.25, -0.2) is 13.8 Å². The second kappa shape index (κ2) is 5.03. The number of anilines is 1. The summed E-state index contributed by atoms with van der Waals surface area (Å²) in [6, 6.07) is 3.11. The molecule has 94 valence electrons. The molecule has 0 aliphatic rings. The number of aromatic nitrogens is 3. The highest BCUT2D eigenvalue weighted by Gasteiger charge is 2.09. The Balaban J connectivity index is 2.49. The van der Waals surface area contributed by atoms with Crippen LogP contribution in [0, 0.1) is 11.6 Å². The van der Waals surface area contributed by atoms with Crippen molar-refractivity contribution in [2.75, 3.05) is 5.73 Å². The molecule has 1 heterocycles. The largest absolute Gasteiger partial charge is 0.368 e. The normalized spacial score (nSPS) is 10.6. The van der Waals surface area contributed by atoms with E-state index in [2.05, 4.69) is 15.0 Å². The van der Waals surface area contributed by atoms with Gasteiger partial charge in [0.2, 0.25) is 5.95 Å². The molecule has 0 bridgehead atoms. The number of benzene rings is 1. The third-order valence-electron chi connectivity index (χ3n) is 2.29. The van der Waals surface area contributed by atoms with Crippen molar-refractivity contribution in [2.45, 2.75) is 19.8 Å². The molecule has 6 heteroatoms. The minimum absolute atomic E-state index is 0.0492.